The molecule has 0 aromatic carbocycles. The molecule has 1 rings (SSSR count). The Bertz CT molecular complexity index is 317. The van der Waals surface area contributed by atoms with Crippen molar-refractivity contribution in [3.8, 4) is 0 Å². The first-order valence-corrected chi connectivity index (χ1v) is 6.49. The van der Waals surface area contributed by atoms with Crippen molar-refractivity contribution in [2.75, 3.05) is 6.54 Å². The molecule has 0 aliphatic carbocycles. The van der Waals surface area contributed by atoms with Crippen LogP contribution in [0.25, 0.3) is 0 Å². The topological polar surface area (TPSA) is 49.4 Å². The largest absolute Gasteiger partial charge is 0.343 e. The highest BCUT2D eigenvalue weighted by molar-refractivity contribution is 5.99. The molecule has 0 bridgehead atoms. The van der Waals surface area contributed by atoms with E-state index in [1.54, 1.807) is 11.8 Å². The predicted molar refractivity (Wildman–Crippen MR) is 67.5 cm³/mol. The zero-order valence-electron chi connectivity index (χ0n) is 11.5. The van der Waals surface area contributed by atoms with Crippen molar-refractivity contribution in [2.24, 2.45) is 5.92 Å². The number of nitrogens with zero attached hydrogens (tertiary/aromatic N) is 1. The van der Waals surface area contributed by atoms with E-state index in [1.165, 1.54) is 0 Å². The van der Waals surface area contributed by atoms with Crippen molar-refractivity contribution >= 4 is 11.8 Å². The van der Waals surface area contributed by atoms with E-state index in [2.05, 4.69) is 19.2 Å². The van der Waals surface area contributed by atoms with Gasteiger partial charge >= 0.3 is 0 Å². The molecular weight excluding hydrogens is 216 g/mol. The van der Waals surface area contributed by atoms with Gasteiger partial charge in [0.15, 0.2) is 0 Å². The Morgan fingerprint density at radius 2 is 2.00 bits per heavy atom. The summed E-state index contributed by atoms with van der Waals surface area (Å²) in [5.74, 6) is 0.424. The lowest BCUT2D eigenvalue weighted by Gasteiger charge is -2.46. The van der Waals surface area contributed by atoms with E-state index in [9.17, 15) is 9.59 Å². The number of piperazine rings is 1. The average Bonchev–Trinajstić information content (AvgIpc) is 2.31. The van der Waals surface area contributed by atoms with E-state index >= 15 is 0 Å². The Labute approximate surface area is 104 Å². The molecule has 1 aliphatic rings. The van der Waals surface area contributed by atoms with Gasteiger partial charge in [0.05, 0.1) is 0 Å². The molecule has 0 aromatic rings. The minimum atomic E-state index is -0.687. The van der Waals surface area contributed by atoms with Crippen molar-refractivity contribution in [1.29, 1.82) is 0 Å². The fraction of sp³-hybridized carbons (Fsp3) is 0.846. The number of hydrogen-bond donors (Lipinski definition) is 1. The third kappa shape index (κ3) is 2.45. The lowest BCUT2D eigenvalue weighted by Crippen LogP contribution is -2.69. The average molecular weight is 240 g/mol. The van der Waals surface area contributed by atoms with Gasteiger partial charge < -0.3 is 10.2 Å². The molecule has 17 heavy (non-hydrogen) atoms. The summed E-state index contributed by atoms with van der Waals surface area (Å²) in [5.41, 5.74) is -0.687. The molecule has 3 unspecified atom stereocenters. The van der Waals surface area contributed by atoms with E-state index in [4.69, 9.17) is 0 Å². The molecule has 0 radical (unpaired) electrons. The monoisotopic (exact) mass is 240 g/mol. The van der Waals surface area contributed by atoms with E-state index < -0.39 is 11.6 Å². The van der Waals surface area contributed by atoms with E-state index in [-0.39, 0.29) is 11.8 Å². The van der Waals surface area contributed by atoms with E-state index in [0.717, 1.165) is 6.42 Å². The SMILES string of the molecule is CCC(C)CN1C(=O)C(C)NC(=O)C1(C)CC. The summed E-state index contributed by atoms with van der Waals surface area (Å²) in [6.07, 6.45) is 1.66. The summed E-state index contributed by atoms with van der Waals surface area (Å²) in [6.45, 7) is 10.4. The molecular formula is C13H24N2O2. The number of nitrogens with one attached hydrogen (secondary N) is 1. The van der Waals surface area contributed by atoms with Gasteiger partial charge in [0.2, 0.25) is 11.8 Å². The van der Waals surface area contributed by atoms with E-state index in [1.807, 2.05) is 13.8 Å². The first-order valence-electron chi connectivity index (χ1n) is 6.49. The summed E-state index contributed by atoms with van der Waals surface area (Å²) in [4.78, 5) is 26.1. The molecule has 1 saturated heterocycles. The van der Waals surface area contributed by atoms with Crippen LogP contribution in [0, 0.1) is 5.92 Å². The van der Waals surface area contributed by atoms with Crippen LogP contribution in [0.1, 0.15) is 47.5 Å². The summed E-state index contributed by atoms with van der Waals surface area (Å²) in [6, 6.07) is -0.397. The van der Waals surface area contributed by atoms with Gasteiger partial charge in [-0.25, -0.2) is 0 Å². The quantitative estimate of drug-likeness (QED) is 0.810. The summed E-state index contributed by atoms with van der Waals surface area (Å²) >= 11 is 0. The van der Waals surface area contributed by atoms with Gasteiger partial charge in [-0.2, -0.15) is 0 Å². The zero-order valence-corrected chi connectivity index (χ0v) is 11.5. The van der Waals surface area contributed by atoms with Crippen LogP contribution in [0.4, 0.5) is 0 Å². The second-order valence-corrected chi connectivity index (χ2v) is 5.28. The highest BCUT2D eigenvalue weighted by atomic mass is 16.2. The minimum absolute atomic E-state index is 0.0320. The molecule has 4 nitrogen and oxygen atoms in total. The molecule has 0 saturated carbocycles. The van der Waals surface area contributed by atoms with Crippen LogP contribution in [0.2, 0.25) is 0 Å². The number of carbonyl (C=O) groups excluding carboxylic acids is 2. The van der Waals surface area contributed by atoms with Crippen molar-refractivity contribution in [3.63, 3.8) is 0 Å². The van der Waals surface area contributed by atoms with Crippen LogP contribution in [-0.4, -0.2) is 34.8 Å². The van der Waals surface area contributed by atoms with Crippen LogP contribution in [0.5, 0.6) is 0 Å². The van der Waals surface area contributed by atoms with E-state index in [0.29, 0.717) is 18.9 Å². The lowest BCUT2D eigenvalue weighted by molar-refractivity contribution is -0.157. The summed E-state index contributed by atoms with van der Waals surface area (Å²) < 4.78 is 0. The molecule has 0 aromatic heterocycles. The lowest BCUT2D eigenvalue weighted by atomic mass is 9.89. The first kappa shape index (κ1) is 14.0. The Hall–Kier alpha value is -1.06. The summed E-state index contributed by atoms with van der Waals surface area (Å²) in [5, 5.41) is 2.76. The van der Waals surface area contributed by atoms with Crippen LogP contribution in [0.3, 0.4) is 0 Å². The first-order chi connectivity index (χ1) is 7.86. The van der Waals surface area contributed by atoms with Gasteiger partial charge in [-0.15, -0.1) is 0 Å². The number of carbonyl (C=O) groups is 2. The van der Waals surface area contributed by atoms with Crippen LogP contribution < -0.4 is 5.32 Å². The number of rotatable bonds is 4. The maximum Gasteiger partial charge on any atom is 0.246 e. The Balaban J connectivity index is 2.99. The highest BCUT2D eigenvalue weighted by Crippen LogP contribution is 2.26. The minimum Gasteiger partial charge on any atom is -0.343 e. The van der Waals surface area contributed by atoms with Crippen molar-refractivity contribution in [1.82, 2.24) is 10.2 Å². The normalized spacial score (nSPS) is 31.4. The molecule has 98 valence electrons. The van der Waals surface area contributed by atoms with Crippen molar-refractivity contribution in [3.05, 3.63) is 0 Å². The number of amides is 2. The highest BCUT2D eigenvalue weighted by Gasteiger charge is 2.46. The third-order valence-corrected chi connectivity index (χ3v) is 3.95. The Morgan fingerprint density at radius 3 is 2.47 bits per heavy atom. The van der Waals surface area contributed by atoms with Gasteiger partial charge in [-0.3, -0.25) is 9.59 Å². The maximum absolute atomic E-state index is 12.2. The predicted octanol–water partition coefficient (Wildman–Crippen LogP) is 1.55. The van der Waals surface area contributed by atoms with Gasteiger partial charge in [0, 0.05) is 6.54 Å². The zero-order chi connectivity index (χ0) is 13.2. The third-order valence-electron chi connectivity index (χ3n) is 3.95. The molecule has 1 N–H and O–H groups in total. The fourth-order valence-electron chi connectivity index (χ4n) is 2.10. The second-order valence-electron chi connectivity index (χ2n) is 5.28. The van der Waals surface area contributed by atoms with Gasteiger partial charge in [0.1, 0.15) is 11.6 Å². The molecule has 3 atom stereocenters. The molecule has 1 fully saturated rings. The van der Waals surface area contributed by atoms with Crippen molar-refractivity contribution < 1.29 is 9.59 Å². The van der Waals surface area contributed by atoms with Crippen LogP contribution in [0.15, 0.2) is 0 Å². The molecule has 1 heterocycles. The van der Waals surface area contributed by atoms with Gasteiger partial charge in [0.25, 0.3) is 0 Å². The van der Waals surface area contributed by atoms with Crippen LogP contribution in [-0.2, 0) is 9.59 Å². The number of hydrogen-bond acceptors (Lipinski definition) is 2. The maximum atomic E-state index is 12.2. The van der Waals surface area contributed by atoms with Gasteiger partial charge in [-0.1, -0.05) is 27.2 Å². The van der Waals surface area contributed by atoms with Crippen LogP contribution >= 0.6 is 0 Å². The molecule has 1 aliphatic heterocycles. The Morgan fingerprint density at radius 1 is 1.41 bits per heavy atom. The Kier molecular flexibility index (Phi) is 4.17. The molecule has 4 heteroatoms. The smallest absolute Gasteiger partial charge is 0.246 e. The fourth-order valence-corrected chi connectivity index (χ4v) is 2.10. The molecule has 0 spiro atoms. The molecule has 2 amide bonds. The second kappa shape index (κ2) is 5.07. The standard InChI is InChI=1S/C13H24N2O2/c1-6-9(3)8-15-11(16)10(4)14-12(17)13(15,5)7-2/h9-10H,6-8H2,1-5H3,(H,14,17). The van der Waals surface area contributed by atoms with Crippen molar-refractivity contribution in [2.45, 2.75) is 59.0 Å². The van der Waals surface area contributed by atoms with Gasteiger partial charge in [-0.05, 0) is 26.2 Å². The summed E-state index contributed by atoms with van der Waals surface area (Å²) in [7, 11) is 0.